The third kappa shape index (κ3) is 6.44. The van der Waals surface area contributed by atoms with Crippen LogP contribution in [0.1, 0.15) is 46.5 Å². The molecule has 2 aliphatic heterocycles. The van der Waals surface area contributed by atoms with Gasteiger partial charge in [-0.3, -0.25) is 9.89 Å². The molecule has 180 valence electrons. The molecule has 7 heteroatoms. The molecular formula is C25H43N5O2. The molecule has 0 aromatic heterocycles. The Bertz CT molecular complexity index is 736. The maximum Gasteiger partial charge on any atom is 0.191 e. The van der Waals surface area contributed by atoms with Crippen LogP contribution < -0.4 is 25.0 Å². The summed E-state index contributed by atoms with van der Waals surface area (Å²) >= 11 is 0. The van der Waals surface area contributed by atoms with Crippen molar-refractivity contribution in [2.75, 3.05) is 58.9 Å². The maximum absolute atomic E-state index is 5.43. The monoisotopic (exact) mass is 445 g/mol. The number of ether oxygens (including phenoxy) is 2. The van der Waals surface area contributed by atoms with Gasteiger partial charge in [0.05, 0.1) is 14.2 Å². The van der Waals surface area contributed by atoms with Crippen LogP contribution in [0.25, 0.3) is 0 Å². The van der Waals surface area contributed by atoms with Crippen molar-refractivity contribution in [1.82, 2.24) is 15.5 Å². The first-order chi connectivity index (χ1) is 15.3. The number of anilines is 1. The number of aliphatic imine (C=N–C) groups is 1. The van der Waals surface area contributed by atoms with Gasteiger partial charge in [0.1, 0.15) is 11.5 Å². The van der Waals surface area contributed by atoms with Crippen LogP contribution in [0, 0.1) is 5.92 Å². The van der Waals surface area contributed by atoms with Gasteiger partial charge >= 0.3 is 0 Å². The third-order valence-electron chi connectivity index (χ3n) is 6.96. The summed E-state index contributed by atoms with van der Waals surface area (Å²) in [5.41, 5.74) is 1.26. The summed E-state index contributed by atoms with van der Waals surface area (Å²) < 4.78 is 10.9. The molecule has 0 spiro atoms. The number of guanidine groups is 1. The second kappa shape index (κ2) is 11.1. The number of likely N-dealkylation sites (tertiary alicyclic amines) is 1. The standard InChI is InChI=1S/C25H43N5O2/c1-19-8-7-11-30(17-19)25(2,3)18-27-24(26-4)28-20-9-12-29(13-10-20)21-14-22(31-5)16-23(15-21)32-6/h14-16,19-20H,7-13,17-18H2,1-6H3,(H2,26,27,28). The number of benzene rings is 1. The molecular weight excluding hydrogens is 402 g/mol. The number of piperidine rings is 2. The van der Waals surface area contributed by atoms with Crippen molar-refractivity contribution in [1.29, 1.82) is 0 Å². The fourth-order valence-electron chi connectivity index (χ4n) is 4.80. The maximum atomic E-state index is 5.43. The zero-order valence-corrected chi connectivity index (χ0v) is 20.9. The molecule has 2 aliphatic rings. The second-order valence-electron chi connectivity index (χ2n) is 9.91. The van der Waals surface area contributed by atoms with Gasteiger partial charge in [-0.1, -0.05) is 6.92 Å². The Kier molecular flexibility index (Phi) is 8.51. The Morgan fingerprint density at radius 2 is 1.72 bits per heavy atom. The van der Waals surface area contributed by atoms with Crippen molar-refractivity contribution < 1.29 is 9.47 Å². The Hall–Kier alpha value is -2.15. The van der Waals surface area contributed by atoms with Gasteiger partial charge in [0.2, 0.25) is 0 Å². The van der Waals surface area contributed by atoms with E-state index in [2.05, 4.69) is 58.3 Å². The van der Waals surface area contributed by atoms with Crippen molar-refractivity contribution in [3.05, 3.63) is 18.2 Å². The van der Waals surface area contributed by atoms with Gasteiger partial charge in [-0.15, -0.1) is 0 Å². The van der Waals surface area contributed by atoms with E-state index in [0.717, 1.165) is 61.5 Å². The zero-order chi connectivity index (χ0) is 23.1. The zero-order valence-electron chi connectivity index (χ0n) is 20.9. The smallest absolute Gasteiger partial charge is 0.191 e. The average molecular weight is 446 g/mol. The summed E-state index contributed by atoms with van der Waals surface area (Å²) in [6.07, 6.45) is 4.78. The molecule has 1 aromatic carbocycles. The Labute approximate surface area is 194 Å². The van der Waals surface area contributed by atoms with Crippen LogP contribution in [-0.2, 0) is 0 Å². The molecule has 2 N–H and O–H groups in total. The van der Waals surface area contributed by atoms with E-state index in [0.29, 0.717) is 6.04 Å². The molecule has 0 aliphatic carbocycles. The Balaban J connectivity index is 1.49. The number of nitrogens with one attached hydrogen (secondary N) is 2. The van der Waals surface area contributed by atoms with E-state index in [1.807, 2.05) is 13.1 Å². The van der Waals surface area contributed by atoms with Crippen LogP contribution in [0.4, 0.5) is 5.69 Å². The minimum absolute atomic E-state index is 0.112. The summed E-state index contributed by atoms with van der Waals surface area (Å²) in [6.45, 7) is 12.3. The SMILES string of the molecule is CN=C(NCC(C)(C)N1CCCC(C)C1)NC1CCN(c2cc(OC)cc(OC)c2)CC1. The predicted molar refractivity (Wildman–Crippen MR) is 133 cm³/mol. The van der Waals surface area contributed by atoms with E-state index >= 15 is 0 Å². The van der Waals surface area contributed by atoms with Crippen molar-refractivity contribution in [2.24, 2.45) is 10.9 Å². The molecule has 0 radical (unpaired) electrons. The van der Waals surface area contributed by atoms with Crippen molar-refractivity contribution >= 4 is 11.6 Å². The summed E-state index contributed by atoms with van der Waals surface area (Å²) in [6, 6.07) is 6.50. The number of methoxy groups -OCH3 is 2. The van der Waals surface area contributed by atoms with Crippen LogP contribution in [-0.4, -0.2) is 76.4 Å². The molecule has 0 saturated carbocycles. The summed E-state index contributed by atoms with van der Waals surface area (Å²) in [5, 5.41) is 7.24. The average Bonchev–Trinajstić information content (AvgIpc) is 2.81. The van der Waals surface area contributed by atoms with Crippen molar-refractivity contribution in [3.8, 4) is 11.5 Å². The van der Waals surface area contributed by atoms with Crippen LogP contribution >= 0.6 is 0 Å². The molecule has 7 nitrogen and oxygen atoms in total. The molecule has 0 amide bonds. The van der Waals surface area contributed by atoms with Gasteiger partial charge in [0.15, 0.2) is 5.96 Å². The molecule has 1 atom stereocenters. The van der Waals surface area contributed by atoms with E-state index < -0.39 is 0 Å². The lowest BCUT2D eigenvalue weighted by atomic mass is 9.93. The van der Waals surface area contributed by atoms with Crippen LogP contribution in [0.5, 0.6) is 11.5 Å². The fourth-order valence-corrected chi connectivity index (χ4v) is 4.80. The molecule has 0 bridgehead atoms. The van der Waals surface area contributed by atoms with E-state index in [4.69, 9.17) is 9.47 Å². The number of hydrogen-bond acceptors (Lipinski definition) is 5. The first-order valence-electron chi connectivity index (χ1n) is 12.0. The van der Waals surface area contributed by atoms with Gasteiger partial charge in [0, 0.05) is 68.7 Å². The molecule has 1 aromatic rings. The molecule has 2 fully saturated rings. The second-order valence-corrected chi connectivity index (χ2v) is 9.91. The van der Waals surface area contributed by atoms with Crippen LogP contribution in [0.3, 0.4) is 0 Å². The number of rotatable bonds is 7. The fraction of sp³-hybridized carbons (Fsp3) is 0.720. The molecule has 1 unspecified atom stereocenters. The Morgan fingerprint density at radius 3 is 2.28 bits per heavy atom. The number of nitrogens with zero attached hydrogens (tertiary/aromatic N) is 3. The van der Waals surface area contributed by atoms with Crippen LogP contribution in [0.15, 0.2) is 23.2 Å². The summed E-state index contributed by atoms with van der Waals surface area (Å²) in [4.78, 5) is 9.53. The minimum atomic E-state index is 0.112. The summed E-state index contributed by atoms with van der Waals surface area (Å²) in [5.74, 6) is 3.35. The number of hydrogen-bond donors (Lipinski definition) is 2. The highest BCUT2D eigenvalue weighted by Crippen LogP contribution is 2.30. The highest BCUT2D eigenvalue weighted by Gasteiger charge is 2.30. The van der Waals surface area contributed by atoms with Gasteiger partial charge in [-0.05, 0) is 52.0 Å². The van der Waals surface area contributed by atoms with E-state index in [1.165, 1.54) is 25.9 Å². The van der Waals surface area contributed by atoms with Crippen molar-refractivity contribution in [2.45, 2.75) is 58.0 Å². The van der Waals surface area contributed by atoms with Gasteiger partial charge < -0.3 is 25.0 Å². The molecule has 32 heavy (non-hydrogen) atoms. The minimum Gasteiger partial charge on any atom is -0.497 e. The molecule has 3 rings (SSSR count). The lowest BCUT2D eigenvalue weighted by Gasteiger charge is -2.43. The quantitative estimate of drug-likeness (QED) is 0.496. The normalized spacial score (nSPS) is 21.4. The lowest BCUT2D eigenvalue weighted by Crippen LogP contribution is -2.57. The topological polar surface area (TPSA) is 61.4 Å². The summed E-state index contributed by atoms with van der Waals surface area (Å²) in [7, 11) is 5.25. The van der Waals surface area contributed by atoms with E-state index in [9.17, 15) is 0 Å². The highest BCUT2D eigenvalue weighted by molar-refractivity contribution is 5.80. The van der Waals surface area contributed by atoms with Crippen LogP contribution in [0.2, 0.25) is 0 Å². The highest BCUT2D eigenvalue weighted by atomic mass is 16.5. The van der Waals surface area contributed by atoms with E-state index in [1.54, 1.807) is 14.2 Å². The van der Waals surface area contributed by atoms with Crippen molar-refractivity contribution in [3.63, 3.8) is 0 Å². The van der Waals surface area contributed by atoms with Gasteiger partial charge in [-0.2, -0.15) is 0 Å². The molecule has 2 saturated heterocycles. The first kappa shape index (κ1) is 24.5. The van der Waals surface area contributed by atoms with Gasteiger partial charge in [-0.25, -0.2) is 0 Å². The first-order valence-corrected chi connectivity index (χ1v) is 12.0. The lowest BCUT2D eigenvalue weighted by molar-refractivity contribution is 0.0739. The third-order valence-corrected chi connectivity index (χ3v) is 6.96. The largest absolute Gasteiger partial charge is 0.497 e. The van der Waals surface area contributed by atoms with E-state index in [-0.39, 0.29) is 5.54 Å². The Morgan fingerprint density at radius 1 is 1.06 bits per heavy atom. The predicted octanol–water partition coefficient (Wildman–Crippen LogP) is 3.35. The van der Waals surface area contributed by atoms with Gasteiger partial charge in [0.25, 0.3) is 0 Å². The molecule has 2 heterocycles.